The minimum atomic E-state index is -0.389. The molecular formula is C22H15FN4O3. The van der Waals surface area contributed by atoms with Gasteiger partial charge >= 0.3 is 0 Å². The Balaban J connectivity index is 1.50. The minimum Gasteiger partial charge on any atom is -0.454 e. The third kappa shape index (κ3) is 3.35. The maximum atomic E-state index is 13.4. The van der Waals surface area contributed by atoms with E-state index in [1.54, 1.807) is 59.5 Å². The van der Waals surface area contributed by atoms with E-state index in [0.29, 0.717) is 28.6 Å². The average molecular weight is 402 g/mol. The number of anilines is 1. The van der Waals surface area contributed by atoms with Crippen LogP contribution in [0.4, 0.5) is 10.1 Å². The number of fused-ring (bicyclic) bond motifs is 1. The van der Waals surface area contributed by atoms with Crippen molar-refractivity contribution in [3.63, 3.8) is 0 Å². The maximum Gasteiger partial charge on any atom is 0.276 e. The predicted molar refractivity (Wildman–Crippen MR) is 107 cm³/mol. The van der Waals surface area contributed by atoms with E-state index in [1.807, 2.05) is 6.07 Å². The summed E-state index contributed by atoms with van der Waals surface area (Å²) in [7, 11) is 0. The van der Waals surface area contributed by atoms with E-state index in [0.717, 1.165) is 5.56 Å². The van der Waals surface area contributed by atoms with Gasteiger partial charge in [-0.1, -0.05) is 0 Å². The Kier molecular flexibility index (Phi) is 4.36. The molecule has 4 aromatic rings. The summed E-state index contributed by atoms with van der Waals surface area (Å²) in [6.45, 7) is 0.156. The number of hydrogen-bond acceptors (Lipinski definition) is 5. The molecule has 0 radical (unpaired) electrons. The molecule has 0 saturated carbocycles. The van der Waals surface area contributed by atoms with Crippen LogP contribution in [0, 0.1) is 5.82 Å². The molecule has 30 heavy (non-hydrogen) atoms. The first kappa shape index (κ1) is 17.9. The average Bonchev–Trinajstić information content (AvgIpc) is 3.42. The molecule has 1 N–H and O–H groups in total. The van der Waals surface area contributed by atoms with Gasteiger partial charge in [-0.25, -0.2) is 9.07 Å². The van der Waals surface area contributed by atoms with Crippen LogP contribution in [0.2, 0.25) is 0 Å². The second kappa shape index (κ2) is 7.32. The summed E-state index contributed by atoms with van der Waals surface area (Å²) in [4.78, 5) is 17.0. The Morgan fingerprint density at radius 3 is 2.67 bits per heavy atom. The van der Waals surface area contributed by atoms with E-state index in [1.165, 1.54) is 12.1 Å². The number of pyridine rings is 1. The van der Waals surface area contributed by atoms with Gasteiger partial charge in [-0.15, -0.1) is 0 Å². The van der Waals surface area contributed by atoms with Gasteiger partial charge in [-0.05, 0) is 54.6 Å². The van der Waals surface area contributed by atoms with Crippen LogP contribution in [-0.4, -0.2) is 27.5 Å². The summed E-state index contributed by atoms with van der Waals surface area (Å²) in [5, 5.41) is 7.27. The van der Waals surface area contributed by atoms with Gasteiger partial charge < -0.3 is 14.8 Å². The van der Waals surface area contributed by atoms with Crippen LogP contribution in [-0.2, 0) is 0 Å². The SMILES string of the molecule is O=C(Nc1ccc2c(c1)OCO2)c1cc(-c2cccnc2)n(-c2ccc(F)cc2)n1. The molecule has 0 saturated heterocycles. The van der Waals surface area contributed by atoms with E-state index < -0.39 is 0 Å². The molecule has 7 nitrogen and oxygen atoms in total. The highest BCUT2D eigenvalue weighted by Crippen LogP contribution is 2.34. The third-order valence-electron chi connectivity index (χ3n) is 4.60. The Labute approximate surface area is 170 Å². The highest BCUT2D eigenvalue weighted by atomic mass is 19.1. The van der Waals surface area contributed by atoms with Crippen molar-refractivity contribution in [2.24, 2.45) is 0 Å². The van der Waals surface area contributed by atoms with Gasteiger partial charge in [0.1, 0.15) is 5.82 Å². The largest absolute Gasteiger partial charge is 0.454 e. The molecule has 1 amide bonds. The number of aromatic nitrogens is 3. The number of amides is 1. The standard InChI is InChI=1S/C22H15FN4O3/c23-15-3-6-17(7-4-15)27-19(14-2-1-9-24-12-14)11-18(26-27)22(28)25-16-5-8-20-21(10-16)30-13-29-20/h1-12H,13H2,(H,25,28). The molecule has 148 valence electrons. The molecule has 0 bridgehead atoms. The number of rotatable bonds is 4. The minimum absolute atomic E-state index is 0.156. The first-order chi connectivity index (χ1) is 14.7. The molecule has 8 heteroatoms. The molecule has 1 aliphatic rings. The number of nitrogens with one attached hydrogen (secondary N) is 1. The Bertz CT molecular complexity index is 1220. The lowest BCUT2D eigenvalue weighted by molar-refractivity contribution is 0.102. The number of ether oxygens (including phenoxy) is 2. The number of benzene rings is 2. The van der Waals surface area contributed by atoms with E-state index in [2.05, 4.69) is 15.4 Å². The van der Waals surface area contributed by atoms with Crippen molar-refractivity contribution in [3.8, 4) is 28.4 Å². The van der Waals surface area contributed by atoms with Gasteiger partial charge in [0.2, 0.25) is 6.79 Å². The molecule has 0 spiro atoms. The lowest BCUT2D eigenvalue weighted by Gasteiger charge is -2.07. The summed E-state index contributed by atoms with van der Waals surface area (Å²) in [5.41, 5.74) is 2.82. The fraction of sp³-hybridized carbons (Fsp3) is 0.0455. The Hall–Kier alpha value is -4.20. The number of carbonyl (C=O) groups is 1. The molecule has 0 fully saturated rings. The normalized spacial score (nSPS) is 12.0. The van der Waals surface area contributed by atoms with E-state index >= 15 is 0 Å². The quantitative estimate of drug-likeness (QED) is 0.557. The van der Waals surface area contributed by atoms with Crippen molar-refractivity contribution in [3.05, 3.63) is 84.6 Å². The van der Waals surface area contributed by atoms with Crippen LogP contribution < -0.4 is 14.8 Å². The summed E-state index contributed by atoms with van der Waals surface area (Å²) < 4.78 is 25.6. The van der Waals surface area contributed by atoms with Crippen LogP contribution in [0.3, 0.4) is 0 Å². The van der Waals surface area contributed by atoms with E-state index in [4.69, 9.17) is 9.47 Å². The van der Waals surface area contributed by atoms with Gasteiger partial charge in [0.05, 0.1) is 11.4 Å². The molecule has 2 aromatic carbocycles. The van der Waals surface area contributed by atoms with Gasteiger partial charge in [0.15, 0.2) is 17.2 Å². The predicted octanol–water partition coefficient (Wildman–Crippen LogP) is 4.05. The highest BCUT2D eigenvalue weighted by Gasteiger charge is 2.19. The lowest BCUT2D eigenvalue weighted by atomic mass is 10.2. The van der Waals surface area contributed by atoms with E-state index in [-0.39, 0.29) is 24.2 Å². The van der Waals surface area contributed by atoms with Crippen molar-refractivity contribution >= 4 is 11.6 Å². The van der Waals surface area contributed by atoms with Crippen molar-refractivity contribution in [1.82, 2.24) is 14.8 Å². The molecule has 0 atom stereocenters. The molecule has 2 aromatic heterocycles. The van der Waals surface area contributed by atoms with Crippen LogP contribution in [0.1, 0.15) is 10.5 Å². The lowest BCUT2D eigenvalue weighted by Crippen LogP contribution is -2.13. The summed E-state index contributed by atoms with van der Waals surface area (Å²) in [5.74, 6) is 0.461. The number of hydrogen-bond donors (Lipinski definition) is 1. The first-order valence-corrected chi connectivity index (χ1v) is 9.15. The second-order valence-electron chi connectivity index (χ2n) is 6.57. The molecular weight excluding hydrogens is 387 g/mol. The highest BCUT2D eigenvalue weighted by molar-refractivity contribution is 6.03. The molecule has 5 rings (SSSR count). The van der Waals surface area contributed by atoms with E-state index in [9.17, 15) is 9.18 Å². The van der Waals surface area contributed by atoms with Crippen LogP contribution in [0.15, 0.2) is 73.1 Å². The van der Waals surface area contributed by atoms with Crippen LogP contribution >= 0.6 is 0 Å². The molecule has 3 heterocycles. The number of halogens is 1. The van der Waals surface area contributed by atoms with Crippen LogP contribution in [0.5, 0.6) is 11.5 Å². The number of carbonyl (C=O) groups excluding carboxylic acids is 1. The van der Waals surface area contributed by atoms with Crippen molar-refractivity contribution in [2.75, 3.05) is 12.1 Å². The topological polar surface area (TPSA) is 78.3 Å². The van der Waals surface area contributed by atoms with Crippen molar-refractivity contribution in [2.45, 2.75) is 0 Å². The zero-order chi connectivity index (χ0) is 20.5. The molecule has 0 unspecified atom stereocenters. The maximum absolute atomic E-state index is 13.4. The van der Waals surface area contributed by atoms with Crippen LogP contribution in [0.25, 0.3) is 16.9 Å². The monoisotopic (exact) mass is 402 g/mol. The van der Waals surface area contributed by atoms with Crippen molar-refractivity contribution < 1.29 is 18.7 Å². The third-order valence-corrected chi connectivity index (χ3v) is 4.60. The fourth-order valence-corrected chi connectivity index (χ4v) is 3.16. The molecule has 0 aliphatic carbocycles. The van der Waals surface area contributed by atoms with Gasteiger partial charge in [-0.2, -0.15) is 5.10 Å². The summed E-state index contributed by atoms with van der Waals surface area (Å²) in [6, 6.07) is 16.4. The molecule has 1 aliphatic heterocycles. The number of nitrogens with zero attached hydrogens (tertiary/aromatic N) is 3. The fourth-order valence-electron chi connectivity index (χ4n) is 3.16. The smallest absolute Gasteiger partial charge is 0.276 e. The zero-order valence-corrected chi connectivity index (χ0v) is 15.6. The summed E-state index contributed by atoms with van der Waals surface area (Å²) in [6.07, 6.45) is 3.34. The van der Waals surface area contributed by atoms with Gasteiger partial charge in [0.25, 0.3) is 5.91 Å². The van der Waals surface area contributed by atoms with Gasteiger partial charge in [-0.3, -0.25) is 9.78 Å². The Morgan fingerprint density at radius 2 is 1.87 bits per heavy atom. The van der Waals surface area contributed by atoms with Gasteiger partial charge in [0, 0.05) is 29.7 Å². The second-order valence-corrected chi connectivity index (χ2v) is 6.57. The first-order valence-electron chi connectivity index (χ1n) is 9.15. The summed E-state index contributed by atoms with van der Waals surface area (Å²) >= 11 is 0. The zero-order valence-electron chi connectivity index (χ0n) is 15.6. The van der Waals surface area contributed by atoms with Crippen molar-refractivity contribution in [1.29, 1.82) is 0 Å². The Morgan fingerprint density at radius 1 is 1.03 bits per heavy atom.